The number of benzene rings is 1. The number of allylic oxidation sites excluding steroid dienone is 3. The number of anilines is 1. The molecule has 3 heterocycles. The number of nitrogens with one attached hydrogen (secondary N) is 3. The van der Waals surface area contributed by atoms with Crippen LogP contribution in [-0.2, 0) is 59.0 Å². The SMILES string of the molecule is [3H]CCC(=O)NC(CCCCNC(=O)C1CCC(CCC(=O)CC(SCCC(=O)N(C)[C@@H](C)C(=O)O[C@H]2CC(=O)N(C)c3cc(cc(C)c3Cl)C/C(C)=C/C=C/[C@@H](C)[C@@]3(O)CC(OC(=O)N3)[C@@H](C)[C@@H]3O[C@@]23C)C(=O)O)CC1)C(C)=O. The molecule has 1 aromatic rings. The molecule has 0 aromatic heterocycles. The zero-order valence-electron chi connectivity index (χ0n) is 48.4. The molecule has 5 rings (SSSR count). The molecule has 21 heteroatoms. The molecule has 0 radical (unpaired) electrons. The first-order chi connectivity index (χ1) is 37.7. The molecule has 3 aliphatic heterocycles. The summed E-state index contributed by atoms with van der Waals surface area (Å²) in [6.45, 7) is 12.4. The maximum atomic E-state index is 14.3. The second-order valence-corrected chi connectivity index (χ2v) is 24.1. The third kappa shape index (κ3) is 17.8. The zero-order valence-corrected chi connectivity index (χ0v) is 48.9. The normalized spacial score (nSPS) is 28.6. The quantitative estimate of drug-likeness (QED) is 0.0432. The Bertz CT molecular complexity index is 2510. The average Bonchev–Trinajstić information content (AvgIpc) is 4.18. The monoisotopic (exact) mass is 1140 g/mol. The van der Waals surface area contributed by atoms with Gasteiger partial charge in [0.2, 0.25) is 23.6 Å². The van der Waals surface area contributed by atoms with Crippen molar-refractivity contribution in [3.8, 4) is 0 Å². The van der Waals surface area contributed by atoms with Crippen LogP contribution in [0.5, 0.6) is 0 Å². The highest BCUT2D eigenvalue weighted by molar-refractivity contribution is 8.00. The number of fused-ring (bicyclic) bond motifs is 5. The Kier molecular flexibility index (Phi) is 23.0. The van der Waals surface area contributed by atoms with Crippen LogP contribution in [0, 0.1) is 30.6 Å². The van der Waals surface area contributed by atoms with Gasteiger partial charge in [0.15, 0.2) is 5.78 Å². The van der Waals surface area contributed by atoms with E-state index in [1.807, 2.05) is 38.1 Å². The molecule has 1 aliphatic carbocycles. The van der Waals surface area contributed by atoms with Crippen LogP contribution < -0.4 is 20.9 Å². The number of likely N-dealkylation sites (N-methyl/N-ethyl adjacent to an activating group) is 1. The number of hydrogen-bond acceptors (Lipinski definition) is 14. The van der Waals surface area contributed by atoms with Crippen molar-refractivity contribution in [2.75, 3.05) is 31.3 Å². The number of carboxylic acids is 1. The molecule has 5 N–H and O–H groups in total. The van der Waals surface area contributed by atoms with Crippen molar-refractivity contribution in [1.29, 1.82) is 0 Å². The number of aryl methyl sites for hydroxylation is 1. The van der Waals surface area contributed by atoms with Crippen LogP contribution in [0.1, 0.15) is 151 Å². The first-order valence-electron chi connectivity index (χ1n) is 28.4. The number of alkyl carbamates (subject to hydrolysis) is 1. The number of hydrogen-bond donors (Lipinski definition) is 5. The van der Waals surface area contributed by atoms with Gasteiger partial charge in [0, 0.05) is 77.6 Å². The van der Waals surface area contributed by atoms with Crippen LogP contribution in [0.15, 0.2) is 35.9 Å². The standard InChI is InChI=1S/C58H84ClN5O14S/c1-11-48(67)61-43(38(7)65)17-12-13-25-60-53(70)41-21-18-39(19-22-41)20-23-42(66)30-46(54(71)72)79-26-24-49(68)63(9)37(6)55(73)77-47-31-50(69)64(10)44-29-40(28-34(3)51(44)59)27-33(2)15-14-16-35(4)58(75)32-45(76-56(74)62-58)36(5)52-57(47,8)78-52/h14-16,28-29,35-37,39,41,43,45-47,52,75H,11-13,17-27,30-32H2,1-10H3,(H,60,70)(H,61,67)(H,62,74)(H,71,72)/b16-14+,33-15+/t35-,36-,37+,39?,41?,43?,45?,46?,47+,52+,57+,58+/m1/s1/i1T. The minimum atomic E-state index is -1.67. The second kappa shape index (κ2) is 28.9. The molecule has 4 bridgehead atoms. The first kappa shape index (κ1) is 62.9. The number of amides is 5. The summed E-state index contributed by atoms with van der Waals surface area (Å²) in [5.41, 5.74) is 0.114. The van der Waals surface area contributed by atoms with E-state index in [4.69, 9.17) is 27.2 Å². The number of aliphatic hydroxyl groups is 1. The van der Waals surface area contributed by atoms with Crippen molar-refractivity contribution < 1.29 is 68.9 Å². The first-order valence-corrected chi connectivity index (χ1v) is 29.1. The largest absolute Gasteiger partial charge is 0.480 e. The van der Waals surface area contributed by atoms with Crippen molar-refractivity contribution in [3.63, 3.8) is 0 Å². The van der Waals surface area contributed by atoms with Crippen LogP contribution in [0.4, 0.5) is 10.5 Å². The Morgan fingerprint density at radius 2 is 1.78 bits per heavy atom. The number of Topliss-reactive ketones (excluding diaryl/α,β-unsaturated/α-hetero) is 2. The number of nitrogens with zero attached hydrogens (tertiary/aromatic N) is 2. The van der Waals surface area contributed by atoms with E-state index in [1.54, 1.807) is 33.9 Å². The summed E-state index contributed by atoms with van der Waals surface area (Å²) in [6, 6.07) is 2.00. The van der Waals surface area contributed by atoms with Gasteiger partial charge in [-0.15, -0.1) is 11.8 Å². The van der Waals surface area contributed by atoms with Gasteiger partial charge in [-0.1, -0.05) is 62.2 Å². The van der Waals surface area contributed by atoms with Crippen molar-refractivity contribution in [3.05, 3.63) is 52.1 Å². The summed E-state index contributed by atoms with van der Waals surface area (Å²) in [7, 11) is 3.00. The highest BCUT2D eigenvalue weighted by atomic mass is 35.5. The van der Waals surface area contributed by atoms with Crippen molar-refractivity contribution in [2.24, 2.45) is 23.7 Å². The van der Waals surface area contributed by atoms with Crippen LogP contribution in [0.25, 0.3) is 0 Å². The minimum Gasteiger partial charge on any atom is -0.480 e. The number of rotatable bonds is 22. The van der Waals surface area contributed by atoms with Crippen LogP contribution >= 0.6 is 23.4 Å². The number of esters is 1. The highest BCUT2D eigenvalue weighted by Crippen LogP contribution is 2.49. The topological polar surface area (TPSA) is 268 Å². The molecule has 79 heavy (non-hydrogen) atoms. The Morgan fingerprint density at radius 3 is 2.46 bits per heavy atom. The Hall–Kier alpha value is -5.31. The van der Waals surface area contributed by atoms with Crippen LogP contribution in [0.3, 0.4) is 0 Å². The smallest absolute Gasteiger partial charge is 0.409 e. The third-order valence-electron chi connectivity index (χ3n) is 16.3. The Morgan fingerprint density at radius 1 is 1.08 bits per heavy atom. The van der Waals surface area contributed by atoms with E-state index >= 15 is 0 Å². The summed E-state index contributed by atoms with van der Waals surface area (Å²) in [5, 5.41) is 29.3. The van der Waals surface area contributed by atoms with E-state index in [1.165, 1.54) is 30.7 Å². The second-order valence-electron chi connectivity index (χ2n) is 22.4. The fourth-order valence-corrected chi connectivity index (χ4v) is 12.0. The van der Waals surface area contributed by atoms with Gasteiger partial charge in [-0.25, -0.2) is 9.59 Å². The molecule has 0 spiro atoms. The summed E-state index contributed by atoms with van der Waals surface area (Å²) >= 11 is 7.80. The Balaban J connectivity index is 1.13. The Labute approximate surface area is 475 Å². The molecule has 2 saturated heterocycles. The van der Waals surface area contributed by atoms with Gasteiger partial charge in [0.05, 0.1) is 29.3 Å². The third-order valence-corrected chi connectivity index (χ3v) is 18.0. The number of ether oxygens (including phenoxy) is 3. The molecular formula is C58H84ClN5O14S. The fraction of sp³-hybridized carbons (Fsp3) is 0.672. The van der Waals surface area contributed by atoms with Crippen molar-refractivity contribution in [2.45, 2.75) is 199 Å². The molecule has 10 atom stereocenters. The summed E-state index contributed by atoms with van der Waals surface area (Å²) in [4.78, 5) is 120. The number of unbranched alkanes of at least 4 members (excludes halogenated alkanes) is 1. The predicted molar refractivity (Wildman–Crippen MR) is 300 cm³/mol. The van der Waals surface area contributed by atoms with E-state index in [0.29, 0.717) is 62.2 Å². The minimum absolute atomic E-state index is 0.00835. The number of ketones is 2. The van der Waals surface area contributed by atoms with E-state index in [2.05, 4.69) is 16.0 Å². The van der Waals surface area contributed by atoms with Crippen LogP contribution in [0.2, 0.25) is 5.02 Å². The number of halogens is 1. The number of carboxylic acid groups (broad SMARTS) is 1. The molecular weight excluding hydrogens is 1060 g/mol. The fourth-order valence-electron chi connectivity index (χ4n) is 10.7. The van der Waals surface area contributed by atoms with Gasteiger partial charge in [-0.2, -0.15) is 0 Å². The van der Waals surface area contributed by atoms with Gasteiger partial charge in [-0.3, -0.25) is 38.9 Å². The van der Waals surface area contributed by atoms with E-state index in [0.717, 1.165) is 41.3 Å². The maximum Gasteiger partial charge on any atom is 0.409 e. The highest BCUT2D eigenvalue weighted by Gasteiger charge is 2.64. The molecule has 438 valence electrons. The lowest BCUT2D eigenvalue weighted by atomic mass is 9.79. The average molecular weight is 1140 g/mol. The number of carbonyl (C=O) groups excluding carboxylic acids is 8. The molecule has 1 saturated carbocycles. The van der Waals surface area contributed by atoms with E-state index in [-0.39, 0.29) is 86.4 Å². The molecule has 5 amide bonds. The lowest BCUT2D eigenvalue weighted by molar-refractivity contribution is -0.162. The molecule has 3 fully saturated rings. The van der Waals surface area contributed by atoms with Crippen molar-refractivity contribution in [1.82, 2.24) is 20.9 Å². The number of carbonyl (C=O) groups is 9. The van der Waals surface area contributed by atoms with Gasteiger partial charge in [-0.05, 0) is 116 Å². The number of thioether (sulfide) groups is 1. The summed E-state index contributed by atoms with van der Waals surface area (Å²) < 4.78 is 25.4. The molecule has 19 nitrogen and oxygen atoms in total. The van der Waals surface area contributed by atoms with Crippen molar-refractivity contribution >= 4 is 82.3 Å². The van der Waals surface area contributed by atoms with Crippen LogP contribution in [-0.4, -0.2) is 142 Å². The van der Waals surface area contributed by atoms with Gasteiger partial charge in [0.1, 0.15) is 40.6 Å². The zero-order chi connectivity index (χ0) is 59.2. The predicted octanol–water partition coefficient (Wildman–Crippen LogP) is 7.33. The maximum absolute atomic E-state index is 14.3. The lowest BCUT2D eigenvalue weighted by Crippen LogP contribution is -2.60. The summed E-state index contributed by atoms with van der Waals surface area (Å²) in [5.74, 6) is -4.65. The number of epoxide rings is 1. The van der Waals surface area contributed by atoms with E-state index in [9.17, 15) is 53.4 Å². The molecule has 3 unspecified atom stereocenters. The summed E-state index contributed by atoms with van der Waals surface area (Å²) in [6.07, 6.45) is 7.16. The van der Waals surface area contributed by atoms with Gasteiger partial charge in [0.25, 0.3) is 0 Å². The van der Waals surface area contributed by atoms with Gasteiger partial charge >= 0.3 is 18.0 Å². The van der Waals surface area contributed by atoms with Gasteiger partial charge < -0.3 is 44.9 Å². The molecule has 4 aliphatic rings. The van der Waals surface area contributed by atoms with E-state index < -0.39 is 88.7 Å². The lowest BCUT2D eigenvalue weighted by Gasteiger charge is -2.41. The molecule has 1 aromatic carbocycles. The number of aliphatic carboxylic acids is 1.